The van der Waals surface area contributed by atoms with Crippen LogP contribution in [-0.4, -0.2) is 62.9 Å². The average molecular weight is 216 g/mol. The van der Waals surface area contributed by atoms with Gasteiger partial charge in [0.1, 0.15) is 6.10 Å². The molecule has 0 aliphatic heterocycles. The third-order valence-corrected chi connectivity index (χ3v) is 0.421. The number of aliphatic hydroxyl groups is 3. The van der Waals surface area contributed by atoms with E-state index < -0.39 is 15.2 Å². The number of aliphatic hydroxyl groups excluding tert-OH is 3. The van der Waals surface area contributed by atoms with Gasteiger partial charge in [-0.05, 0) is 0 Å². The Bertz CT molecular complexity index is 83.4. The van der Waals surface area contributed by atoms with E-state index in [0.29, 0.717) is 0 Å². The van der Waals surface area contributed by atoms with E-state index in [9.17, 15) is 0 Å². The molecule has 0 aliphatic rings. The van der Waals surface area contributed by atoms with Crippen LogP contribution in [0.2, 0.25) is 0 Å². The molecule has 7 nitrogen and oxygen atoms in total. The van der Waals surface area contributed by atoms with Crippen molar-refractivity contribution in [3.05, 3.63) is 13.2 Å². The van der Waals surface area contributed by atoms with Gasteiger partial charge in [0.15, 0.2) is 0 Å². The van der Waals surface area contributed by atoms with Crippen molar-refractivity contribution >= 4 is 9.05 Å². The normalized spacial score (nSPS) is 9.54. The van der Waals surface area contributed by atoms with Gasteiger partial charge < -0.3 is 34.5 Å². The van der Waals surface area contributed by atoms with Crippen LogP contribution in [0.1, 0.15) is 0 Å². The van der Waals surface area contributed by atoms with Gasteiger partial charge in [0.25, 0.3) is 0 Å². The van der Waals surface area contributed by atoms with E-state index in [1.54, 1.807) is 0 Å². The fourth-order valence-corrected chi connectivity index (χ4v) is 0.0577. The van der Waals surface area contributed by atoms with Crippen molar-refractivity contribution in [1.82, 2.24) is 0 Å². The first-order chi connectivity index (χ1) is 5.81. The van der Waals surface area contributed by atoms with Gasteiger partial charge in [-0.1, -0.05) is 0 Å². The third-order valence-electron chi connectivity index (χ3n) is 0.421. The lowest BCUT2D eigenvalue weighted by Gasteiger charge is -1.96. The van der Waals surface area contributed by atoms with Gasteiger partial charge >= 0.3 is 9.05 Å². The maximum Gasteiger partial charge on any atom is 0.668 e. The topological polar surface area (TPSA) is 142 Å². The van der Waals surface area contributed by atoms with Crippen LogP contribution in [-0.2, 0) is 0 Å². The van der Waals surface area contributed by atoms with E-state index >= 15 is 0 Å². The van der Waals surface area contributed by atoms with E-state index in [4.69, 9.17) is 34.5 Å². The number of hydrogen-bond acceptors (Lipinski definition) is 7. The van der Waals surface area contributed by atoms with Gasteiger partial charge in [0, 0.05) is 0 Å². The van der Waals surface area contributed by atoms with Crippen LogP contribution in [0.3, 0.4) is 0 Å². The first-order valence-electron chi connectivity index (χ1n) is 3.10. The minimum atomic E-state index is -4.61. The second-order valence-electron chi connectivity index (χ2n) is 1.62. The standard InChI is InChI=1S/C3H8O3.C2H4.H4O4Si/c4-1-3(6)2-5;1-2;1-5(2,3)4/h3-6H,1-2H2;1-2H2;1-4H. The molecule has 0 aromatic carbocycles. The van der Waals surface area contributed by atoms with Gasteiger partial charge in [0.05, 0.1) is 13.2 Å². The molecule has 0 unspecified atom stereocenters. The van der Waals surface area contributed by atoms with Crippen LogP contribution < -0.4 is 0 Å². The highest BCUT2D eigenvalue weighted by Gasteiger charge is 2.22. The molecule has 0 radical (unpaired) electrons. The Morgan fingerprint density at radius 3 is 1.08 bits per heavy atom. The van der Waals surface area contributed by atoms with Gasteiger partial charge in [-0.15, -0.1) is 13.2 Å². The molecule has 0 aliphatic carbocycles. The van der Waals surface area contributed by atoms with Crippen molar-refractivity contribution in [1.29, 1.82) is 0 Å². The van der Waals surface area contributed by atoms with Crippen LogP contribution >= 0.6 is 0 Å². The molecule has 7 N–H and O–H groups in total. The zero-order valence-corrected chi connectivity index (χ0v) is 8.04. The Labute approximate surface area is 77.0 Å². The van der Waals surface area contributed by atoms with Gasteiger partial charge in [0.2, 0.25) is 0 Å². The molecule has 0 fully saturated rings. The Kier molecular flexibility index (Phi) is 16.6. The summed E-state index contributed by atoms with van der Waals surface area (Å²) >= 11 is 0. The van der Waals surface area contributed by atoms with Crippen molar-refractivity contribution in [3.63, 3.8) is 0 Å². The maximum absolute atomic E-state index is 8.17. The molecular formula is C5H16O7Si. The molecule has 0 spiro atoms. The average Bonchev–Trinajstić information content (AvgIpc) is 2.04. The molecule has 0 bridgehead atoms. The lowest BCUT2D eigenvalue weighted by atomic mass is 10.4. The molecule has 82 valence electrons. The summed E-state index contributed by atoms with van der Waals surface area (Å²) in [4.78, 5) is 29.3. The van der Waals surface area contributed by atoms with E-state index in [0.717, 1.165) is 0 Å². The quantitative estimate of drug-likeness (QED) is 0.188. The highest BCUT2D eigenvalue weighted by Crippen LogP contribution is 1.71. The second kappa shape index (κ2) is 11.7. The minimum Gasteiger partial charge on any atom is -0.394 e. The maximum atomic E-state index is 8.17. The first-order valence-corrected chi connectivity index (χ1v) is 4.89. The van der Waals surface area contributed by atoms with Crippen LogP contribution in [0, 0.1) is 0 Å². The molecule has 0 heterocycles. The minimum absolute atomic E-state index is 0.365. The zero-order chi connectivity index (χ0) is 11.5. The Balaban J connectivity index is -0.000000131. The summed E-state index contributed by atoms with van der Waals surface area (Å²) in [7, 11) is -4.61. The van der Waals surface area contributed by atoms with Crippen molar-refractivity contribution in [2.75, 3.05) is 13.2 Å². The summed E-state index contributed by atoms with van der Waals surface area (Å²) in [6.07, 6.45) is -0.954. The van der Waals surface area contributed by atoms with Crippen LogP contribution in [0.5, 0.6) is 0 Å². The highest BCUT2D eigenvalue weighted by molar-refractivity contribution is 6.46. The van der Waals surface area contributed by atoms with E-state index in [-0.39, 0.29) is 13.2 Å². The summed E-state index contributed by atoms with van der Waals surface area (Å²) in [5.41, 5.74) is 0. The monoisotopic (exact) mass is 216 g/mol. The fraction of sp³-hybridized carbons (Fsp3) is 0.600. The zero-order valence-electron chi connectivity index (χ0n) is 7.04. The van der Waals surface area contributed by atoms with Gasteiger partial charge in [-0.3, -0.25) is 0 Å². The van der Waals surface area contributed by atoms with Crippen molar-refractivity contribution in [3.8, 4) is 0 Å². The molecule has 0 amide bonds. The number of hydrogen-bond donors (Lipinski definition) is 7. The van der Waals surface area contributed by atoms with Crippen LogP contribution in [0.4, 0.5) is 0 Å². The van der Waals surface area contributed by atoms with Crippen molar-refractivity contribution in [2.45, 2.75) is 6.10 Å². The Morgan fingerprint density at radius 1 is 0.923 bits per heavy atom. The third kappa shape index (κ3) is 80.9. The predicted molar refractivity (Wildman–Crippen MR) is 46.1 cm³/mol. The summed E-state index contributed by atoms with van der Waals surface area (Å²) < 4.78 is 0. The molecule has 0 saturated heterocycles. The summed E-state index contributed by atoms with van der Waals surface area (Å²) in [6.45, 7) is 5.27. The van der Waals surface area contributed by atoms with Gasteiger partial charge in [-0.25, -0.2) is 0 Å². The van der Waals surface area contributed by atoms with Crippen LogP contribution in [0.25, 0.3) is 0 Å². The van der Waals surface area contributed by atoms with Gasteiger partial charge in [-0.2, -0.15) is 0 Å². The Morgan fingerprint density at radius 2 is 1.08 bits per heavy atom. The smallest absolute Gasteiger partial charge is 0.394 e. The van der Waals surface area contributed by atoms with Crippen LogP contribution in [0.15, 0.2) is 13.2 Å². The molecular weight excluding hydrogens is 200 g/mol. The second-order valence-corrected chi connectivity index (χ2v) is 2.82. The molecule has 8 heteroatoms. The first kappa shape index (κ1) is 18.5. The Hall–Kier alpha value is -0.323. The SMILES string of the molecule is C=C.OCC(O)CO.O[Si](O)(O)O. The summed E-state index contributed by atoms with van der Waals surface area (Å²) in [6, 6.07) is 0. The predicted octanol–water partition coefficient (Wildman–Crippen LogP) is -3.47. The summed E-state index contributed by atoms with van der Waals surface area (Å²) in [5, 5.41) is 24.0. The molecule has 0 saturated carbocycles. The lowest BCUT2D eigenvalue weighted by molar-refractivity contribution is 0.0450. The fourth-order valence-electron chi connectivity index (χ4n) is 0.0577. The van der Waals surface area contributed by atoms with E-state index in [1.807, 2.05) is 0 Å². The molecule has 13 heavy (non-hydrogen) atoms. The van der Waals surface area contributed by atoms with Crippen molar-refractivity contribution in [2.24, 2.45) is 0 Å². The molecule has 0 aromatic rings. The molecule has 0 atom stereocenters. The van der Waals surface area contributed by atoms with E-state index in [2.05, 4.69) is 13.2 Å². The highest BCUT2D eigenvalue weighted by atomic mass is 28.4. The summed E-state index contributed by atoms with van der Waals surface area (Å²) in [5.74, 6) is 0. The number of rotatable bonds is 2. The van der Waals surface area contributed by atoms with E-state index in [1.165, 1.54) is 0 Å². The molecule has 0 rings (SSSR count). The van der Waals surface area contributed by atoms with Crippen molar-refractivity contribution < 1.29 is 34.5 Å². The lowest BCUT2D eigenvalue weighted by Crippen LogP contribution is -2.33. The largest absolute Gasteiger partial charge is 0.668 e. The molecule has 0 aromatic heterocycles.